The highest BCUT2D eigenvalue weighted by Crippen LogP contribution is 2.45. The van der Waals surface area contributed by atoms with Crippen molar-refractivity contribution in [2.75, 3.05) is 0 Å². The van der Waals surface area contributed by atoms with Gasteiger partial charge in [0.25, 0.3) is 0 Å². The molecule has 0 fully saturated rings. The molecule has 1 aromatic heterocycles. The van der Waals surface area contributed by atoms with Crippen LogP contribution in [0.1, 0.15) is 11.0 Å². The van der Waals surface area contributed by atoms with Crippen molar-refractivity contribution in [2.24, 2.45) is 0 Å². The van der Waals surface area contributed by atoms with E-state index in [1.165, 1.54) is 0 Å². The summed E-state index contributed by atoms with van der Waals surface area (Å²) in [4.78, 5) is 0. The first-order valence-electron chi connectivity index (χ1n) is 19.5. The van der Waals surface area contributed by atoms with Crippen LogP contribution in [0.4, 0.5) is 0 Å². The molecular weight excluding hydrogens is 569 g/mol. The van der Waals surface area contributed by atoms with Crippen molar-refractivity contribution in [1.29, 1.82) is 0 Å². The first-order valence-corrected chi connectivity index (χ1v) is 15.5. The molecular formula is C46H28O. The highest BCUT2D eigenvalue weighted by atomic mass is 16.3. The lowest BCUT2D eigenvalue weighted by molar-refractivity contribution is 0.673. The average Bonchev–Trinajstić information content (AvgIpc) is 3.62. The van der Waals surface area contributed by atoms with Gasteiger partial charge in [0.1, 0.15) is 11.2 Å². The Morgan fingerprint density at radius 2 is 1.00 bits per heavy atom. The summed E-state index contributed by atoms with van der Waals surface area (Å²) >= 11 is 0. The minimum Gasteiger partial charge on any atom is -0.455 e. The molecule has 47 heavy (non-hydrogen) atoms. The van der Waals surface area contributed by atoms with Gasteiger partial charge in [0.05, 0.1) is 11.0 Å². The summed E-state index contributed by atoms with van der Waals surface area (Å²) < 4.78 is 79.1. The zero-order valence-electron chi connectivity index (χ0n) is 33.0. The van der Waals surface area contributed by atoms with E-state index in [-0.39, 0.29) is 45.7 Å². The molecule has 0 bridgehead atoms. The molecule has 0 saturated heterocycles. The zero-order chi connectivity index (χ0) is 37.9. The quantitative estimate of drug-likeness (QED) is 0.183. The molecule has 0 unspecified atom stereocenters. The van der Waals surface area contributed by atoms with Crippen LogP contribution < -0.4 is 0 Å². The molecule has 1 heteroatoms. The average molecular weight is 605 g/mol. The van der Waals surface area contributed by atoms with Crippen molar-refractivity contribution < 1.29 is 15.4 Å². The molecule has 0 saturated carbocycles. The van der Waals surface area contributed by atoms with Gasteiger partial charge >= 0.3 is 0 Å². The number of rotatable bonds is 3. The highest BCUT2D eigenvalue weighted by Gasteiger charge is 2.19. The molecule has 0 radical (unpaired) electrons. The van der Waals surface area contributed by atoms with E-state index in [2.05, 4.69) is 18.2 Å². The Kier molecular flexibility index (Phi) is 4.19. The topological polar surface area (TPSA) is 13.1 Å². The lowest BCUT2D eigenvalue weighted by atomic mass is 9.85. The third-order valence-corrected chi connectivity index (χ3v) is 9.26. The van der Waals surface area contributed by atoms with E-state index in [0.29, 0.717) is 27.8 Å². The molecule has 218 valence electrons. The third-order valence-electron chi connectivity index (χ3n) is 9.26. The summed E-state index contributed by atoms with van der Waals surface area (Å²) in [6.45, 7) is 0. The molecule has 0 spiro atoms. The van der Waals surface area contributed by atoms with Gasteiger partial charge in [-0.1, -0.05) is 145 Å². The maximum atomic E-state index is 9.37. The summed E-state index contributed by atoms with van der Waals surface area (Å²) in [5.74, 6) is 0. The van der Waals surface area contributed by atoms with E-state index in [1.54, 1.807) is 0 Å². The Morgan fingerprint density at radius 1 is 0.404 bits per heavy atom. The summed E-state index contributed by atoms with van der Waals surface area (Å²) in [6, 6.07) is 36.3. The number of benzene rings is 9. The molecule has 1 heterocycles. The summed E-state index contributed by atoms with van der Waals surface area (Å²) in [6.07, 6.45) is 0. The van der Waals surface area contributed by atoms with Crippen molar-refractivity contribution in [1.82, 2.24) is 0 Å². The lowest BCUT2D eigenvalue weighted by Gasteiger charge is -2.18. The molecule has 0 atom stereocenters. The number of hydrogen-bond acceptors (Lipinski definition) is 1. The van der Waals surface area contributed by atoms with Crippen molar-refractivity contribution in [2.45, 2.75) is 0 Å². The zero-order valence-corrected chi connectivity index (χ0v) is 25.0. The second kappa shape index (κ2) is 10.2. The monoisotopic (exact) mass is 604 g/mol. The van der Waals surface area contributed by atoms with E-state index in [1.807, 2.05) is 103 Å². The SMILES string of the molecule is [2H]c1c([2H])c([2H])c2c(-c3ccc4ccccc4c3)c3c([2H])c([2H])c([2H])c([2H])c3c(-c3cccc(-c4cccc5oc6c7ccccc7ccc6c45)c3)c2c1[2H]. The van der Waals surface area contributed by atoms with Crippen LogP contribution in [0.5, 0.6) is 0 Å². The van der Waals surface area contributed by atoms with E-state index in [9.17, 15) is 5.48 Å². The maximum Gasteiger partial charge on any atom is 0.143 e. The number of fused-ring (bicyclic) bond motifs is 8. The molecule has 9 aromatic carbocycles. The minimum atomic E-state index is -0.429. The Hall–Kier alpha value is -6.18. The first-order chi connectivity index (χ1) is 26.6. The van der Waals surface area contributed by atoms with Crippen LogP contribution in [0.2, 0.25) is 0 Å². The predicted octanol–water partition coefficient (Wildman–Crippen LogP) is 13.2. The van der Waals surface area contributed by atoms with Crippen LogP contribution in [0.25, 0.3) is 98.4 Å². The normalized spacial score (nSPS) is 14.2. The molecule has 10 aromatic rings. The second-order valence-electron chi connectivity index (χ2n) is 11.8. The fourth-order valence-electron chi connectivity index (χ4n) is 7.18. The second-order valence-corrected chi connectivity index (χ2v) is 11.8. The molecule has 0 aliphatic rings. The highest BCUT2D eigenvalue weighted by molar-refractivity contribution is 6.22. The number of furan rings is 1. The van der Waals surface area contributed by atoms with Crippen LogP contribution in [0, 0.1) is 0 Å². The first kappa shape index (κ1) is 19.4. The van der Waals surface area contributed by atoms with Gasteiger partial charge in [-0.3, -0.25) is 0 Å². The van der Waals surface area contributed by atoms with Gasteiger partial charge in [-0.15, -0.1) is 0 Å². The van der Waals surface area contributed by atoms with Crippen LogP contribution in [-0.4, -0.2) is 0 Å². The van der Waals surface area contributed by atoms with Gasteiger partial charge in [0, 0.05) is 16.2 Å². The maximum absolute atomic E-state index is 9.37. The standard InChI is InChI=1S/C46H28O/c1-2-13-31-27-34(24-23-29(31)11-1)44-39-19-7-5-17-37(39)43(38-18-6-8-20-40(38)44)33-15-9-14-32(28-33)35-21-10-22-42-45(35)41-26-25-30-12-3-4-16-36(30)46(41)47-42/h1-28H/i5D,6D,7D,8D,17D,18D,19D,20D. The molecule has 0 N–H and O–H groups in total. The fraction of sp³-hybridized carbons (Fsp3) is 0. The summed E-state index contributed by atoms with van der Waals surface area (Å²) in [5, 5.41) is 6.53. The molecule has 10 rings (SSSR count). The fourth-order valence-corrected chi connectivity index (χ4v) is 7.18. The Bertz CT molecular complexity index is 3230. The van der Waals surface area contributed by atoms with Gasteiger partial charge in [-0.25, -0.2) is 0 Å². The van der Waals surface area contributed by atoms with E-state index in [4.69, 9.17) is 9.90 Å². The number of hydrogen-bond donors (Lipinski definition) is 0. The Balaban J connectivity index is 1.35. The van der Waals surface area contributed by atoms with Crippen LogP contribution >= 0.6 is 0 Å². The smallest absolute Gasteiger partial charge is 0.143 e. The predicted molar refractivity (Wildman–Crippen MR) is 200 cm³/mol. The Labute approximate surface area is 283 Å². The van der Waals surface area contributed by atoms with Gasteiger partial charge in [-0.2, -0.15) is 0 Å². The molecule has 0 amide bonds. The van der Waals surface area contributed by atoms with Gasteiger partial charge < -0.3 is 4.42 Å². The molecule has 0 aliphatic carbocycles. The van der Waals surface area contributed by atoms with Crippen molar-refractivity contribution >= 4 is 65.0 Å². The van der Waals surface area contributed by atoms with Crippen molar-refractivity contribution in [3.05, 3.63) is 170 Å². The largest absolute Gasteiger partial charge is 0.455 e. The Morgan fingerprint density at radius 3 is 1.74 bits per heavy atom. The van der Waals surface area contributed by atoms with E-state index >= 15 is 0 Å². The van der Waals surface area contributed by atoms with Crippen LogP contribution in [-0.2, 0) is 0 Å². The van der Waals surface area contributed by atoms with E-state index in [0.717, 1.165) is 49.0 Å². The summed E-state index contributed by atoms with van der Waals surface area (Å²) in [7, 11) is 0. The lowest BCUT2D eigenvalue weighted by Crippen LogP contribution is -1.91. The van der Waals surface area contributed by atoms with Crippen molar-refractivity contribution in [3.63, 3.8) is 0 Å². The molecule has 0 aliphatic heterocycles. The third kappa shape index (κ3) is 3.97. The van der Waals surface area contributed by atoms with Crippen LogP contribution in [0.3, 0.4) is 0 Å². The van der Waals surface area contributed by atoms with Gasteiger partial charge in [0.2, 0.25) is 0 Å². The van der Waals surface area contributed by atoms with E-state index < -0.39 is 24.2 Å². The molecule has 1 nitrogen and oxygen atoms in total. The minimum absolute atomic E-state index is 0.183. The summed E-state index contributed by atoms with van der Waals surface area (Å²) in [5.41, 5.74) is 4.96. The van der Waals surface area contributed by atoms with Gasteiger partial charge in [-0.05, 0) is 95.3 Å². The van der Waals surface area contributed by atoms with Crippen LogP contribution in [0.15, 0.2) is 174 Å². The van der Waals surface area contributed by atoms with Gasteiger partial charge in [0.15, 0.2) is 0 Å². The van der Waals surface area contributed by atoms with Crippen molar-refractivity contribution in [3.8, 4) is 33.4 Å².